The minimum absolute atomic E-state index is 0.229. The van der Waals surface area contributed by atoms with E-state index in [2.05, 4.69) is 26.1 Å². The van der Waals surface area contributed by atoms with Crippen molar-refractivity contribution >= 4 is 17.4 Å². The van der Waals surface area contributed by atoms with Gasteiger partial charge in [0, 0.05) is 24.6 Å². The minimum Gasteiger partial charge on any atom is -0.379 e. The molecule has 1 heterocycles. The van der Waals surface area contributed by atoms with Crippen LogP contribution in [0.15, 0.2) is 36.5 Å². The molecular weight excluding hydrogens is 230 g/mol. The summed E-state index contributed by atoms with van der Waals surface area (Å²) in [5.41, 5.74) is 2.75. The van der Waals surface area contributed by atoms with E-state index in [1.165, 1.54) is 0 Å². The zero-order valence-corrected chi connectivity index (χ0v) is 10.0. The van der Waals surface area contributed by atoms with E-state index in [0.29, 0.717) is 6.54 Å². The molecule has 0 aliphatic rings. The molecule has 0 saturated heterocycles. The Morgan fingerprint density at radius 3 is 2.56 bits per heavy atom. The SMILES string of the molecule is CNC(=O)Nc1ccc(NCc2ccn[nH]2)cc1. The fourth-order valence-corrected chi connectivity index (χ4v) is 1.45. The van der Waals surface area contributed by atoms with Crippen LogP contribution in [0.1, 0.15) is 5.69 Å². The summed E-state index contributed by atoms with van der Waals surface area (Å²) >= 11 is 0. The normalized spacial score (nSPS) is 9.83. The van der Waals surface area contributed by atoms with E-state index in [1.54, 1.807) is 13.2 Å². The highest BCUT2D eigenvalue weighted by molar-refractivity contribution is 5.89. The van der Waals surface area contributed by atoms with Gasteiger partial charge in [0.15, 0.2) is 0 Å². The van der Waals surface area contributed by atoms with E-state index in [-0.39, 0.29) is 6.03 Å². The maximum Gasteiger partial charge on any atom is 0.318 e. The molecule has 18 heavy (non-hydrogen) atoms. The molecule has 0 fully saturated rings. The number of urea groups is 1. The van der Waals surface area contributed by atoms with E-state index in [9.17, 15) is 4.79 Å². The molecule has 0 aliphatic carbocycles. The maximum atomic E-state index is 11.1. The summed E-state index contributed by atoms with van der Waals surface area (Å²) in [4.78, 5) is 11.1. The van der Waals surface area contributed by atoms with E-state index in [1.807, 2.05) is 30.3 Å². The third kappa shape index (κ3) is 3.24. The summed E-state index contributed by atoms with van der Waals surface area (Å²) in [6.45, 7) is 0.683. The van der Waals surface area contributed by atoms with Gasteiger partial charge in [-0.1, -0.05) is 0 Å². The number of amides is 2. The number of hydrogen-bond donors (Lipinski definition) is 4. The lowest BCUT2D eigenvalue weighted by molar-refractivity contribution is 0.254. The van der Waals surface area contributed by atoms with Crippen molar-refractivity contribution in [3.8, 4) is 0 Å². The highest BCUT2D eigenvalue weighted by Crippen LogP contribution is 2.14. The zero-order chi connectivity index (χ0) is 12.8. The van der Waals surface area contributed by atoms with Gasteiger partial charge in [-0.05, 0) is 30.3 Å². The van der Waals surface area contributed by atoms with Crippen LogP contribution in [0.4, 0.5) is 16.2 Å². The number of carbonyl (C=O) groups excluding carboxylic acids is 1. The lowest BCUT2D eigenvalue weighted by Crippen LogP contribution is -2.24. The molecule has 6 heteroatoms. The van der Waals surface area contributed by atoms with Gasteiger partial charge in [-0.25, -0.2) is 4.79 Å². The molecule has 0 unspecified atom stereocenters. The topological polar surface area (TPSA) is 81.8 Å². The van der Waals surface area contributed by atoms with Crippen LogP contribution >= 0.6 is 0 Å². The molecule has 0 radical (unpaired) electrons. The minimum atomic E-state index is -0.229. The van der Waals surface area contributed by atoms with Crippen molar-refractivity contribution < 1.29 is 4.79 Å². The number of anilines is 2. The van der Waals surface area contributed by atoms with Gasteiger partial charge in [-0.15, -0.1) is 0 Å². The molecule has 0 atom stereocenters. The van der Waals surface area contributed by atoms with Crippen LogP contribution in [0.25, 0.3) is 0 Å². The summed E-state index contributed by atoms with van der Waals surface area (Å²) in [6, 6.07) is 9.17. The highest BCUT2D eigenvalue weighted by atomic mass is 16.2. The van der Waals surface area contributed by atoms with Crippen LogP contribution in [-0.4, -0.2) is 23.3 Å². The lowest BCUT2D eigenvalue weighted by atomic mass is 10.2. The summed E-state index contributed by atoms with van der Waals surface area (Å²) in [5, 5.41) is 15.2. The van der Waals surface area contributed by atoms with E-state index >= 15 is 0 Å². The van der Waals surface area contributed by atoms with E-state index in [0.717, 1.165) is 17.1 Å². The largest absolute Gasteiger partial charge is 0.379 e. The Hall–Kier alpha value is -2.50. The van der Waals surface area contributed by atoms with E-state index < -0.39 is 0 Å². The van der Waals surface area contributed by atoms with Gasteiger partial charge in [0.05, 0.1) is 12.2 Å². The zero-order valence-electron chi connectivity index (χ0n) is 10.0. The summed E-state index contributed by atoms with van der Waals surface area (Å²) in [7, 11) is 1.58. The first-order valence-electron chi connectivity index (χ1n) is 5.59. The van der Waals surface area contributed by atoms with Crippen LogP contribution in [0, 0.1) is 0 Å². The van der Waals surface area contributed by atoms with Crippen molar-refractivity contribution in [3.05, 3.63) is 42.2 Å². The number of benzene rings is 1. The predicted molar refractivity (Wildman–Crippen MR) is 70.4 cm³/mol. The fourth-order valence-electron chi connectivity index (χ4n) is 1.45. The summed E-state index contributed by atoms with van der Waals surface area (Å²) < 4.78 is 0. The molecule has 0 spiro atoms. The first kappa shape index (κ1) is 12.0. The molecule has 1 aromatic carbocycles. The number of H-pyrrole nitrogens is 1. The number of rotatable bonds is 4. The quantitative estimate of drug-likeness (QED) is 0.662. The van der Waals surface area contributed by atoms with Crippen molar-refractivity contribution in [2.75, 3.05) is 17.7 Å². The Morgan fingerprint density at radius 1 is 1.22 bits per heavy atom. The van der Waals surface area contributed by atoms with Gasteiger partial charge in [0.25, 0.3) is 0 Å². The number of aromatic amines is 1. The number of carbonyl (C=O) groups is 1. The van der Waals surface area contributed by atoms with Gasteiger partial charge in [0.1, 0.15) is 0 Å². The summed E-state index contributed by atoms with van der Waals surface area (Å²) in [6.07, 6.45) is 1.72. The molecule has 6 nitrogen and oxygen atoms in total. The van der Waals surface area contributed by atoms with Crippen LogP contribution in [0.2, 0.25) is 0 Å². The number of nitrogens with one attached hydrogen (secondary N) is 4. The standard InChI is InChI=1S/C12H15N5O/c1-13-12(18)16-10-4-2-9(3-5-10)14-8-11-6-7-15-17-11/h2-7,14H,8H2,1H3,(H,15,17)(H2,13,16,18). The molecule has 2 aromatic rings. The van der Waals surface area contributed by atoms with Gasteiger partial charge in [-0.2, -0.15) is 5.10 Å². The Bertz CT molecular complexity index is 492. The highest BCUT2D eigenvalue weighted by Gasteiger charge is 1.99. The molecule has 94 valence electrons. The molecule has 0 bridgehead atoms. The monoisotopic (exact) mass is 245 g/mol. The Balaban J connectivity index is 1.89. The van der Waals surface area contributed by atoms with Gasteiger partial charge < -0.3 is 16.0 Å². The van der Waals surface area contributed by atoms with Gasteiger partial charge in [-0.3, -0.25) is 5.10 Å². The second kappa shape index (κ2) is 5.72. The van der Waals surface area contributed by atoms with Crippen molar-refractivity contribution in [1.29, 1.82) is 0 Å². The van der Waals surface area contributed by atoms with Crippen LogP contribution in [-0.2, 0) is 6.54 Å². The predicted octanol–water partition coefficient (Wildman–Crippen LogP) is 1.77. The van der Waals surface area contributed by atoms with Crippen LogP contribution < -0.4 is 16.0 Å². The molecule has 4 N–H and O–H groups in total. The second-order valence-corrected chi connectivity index (χ2v) is 3.72. The second-order valence-electron chi connectivity index (χ2n) is 3.72. The average Bonchev–Trinajstić information content (AvgIpc) is 2.91. The smallest absolute Gasteiger partial charge is 0.318 e. The summed E-state index contributed by atoms with van der Waals surface area (Å²) in [5.74, 6) is 0. The fraction of sp³-hybridized carbons (Fsp3) is 0.167. The van der Waals surface area contributed by atoms with Crippen molar-refractivity contribution in [2.45, 2.75) is 6.54 Å². The molecule has 0 saturated carbocycles. The van der Waals surface area contributed by atoms with Crippen molar-refractivity contribution in [3.63, 3.8) is 0 Å². The molecule has 2 rings (SSSR count). The van der Waals surface area contributed by atoms with Crippen molar-refractivity contribution in [2.24, 2.45) is 0 Å². The Labute approximate surface area is 105 Å². The van der Waals surface area contributed by atoms with Gasteiger partial charge >= 0.3 is 6.03 Å². The van der Waals surface area contributed by atoms with Gasteiger partial charge in [0.2, 0.25) is 0 Å². The third-order valence-electron chi connectivity index (χ3n) is 2.41. The first-order valence-corrected chi connectivity index (χ1v) is 5.59. The molecule has 0 aliphatic heterocycles. The number of aromatic nitrogens is 2. The molecule has 2 amide bonds. The van der Waals surface area contributed by atoms with Crippen molar-refractivity contribution in [1.82, 2.24) is 15.5 Å². The van der Waals surface area contributed by atoms with E-state index in [4.69, 9.17) is 0 Å². The van der Waals surface area contributed by atoms with Crippen LogP contribution in [0.3, 0.4) is 0 Å². The first-order chi connectivity index (χ1) is 8.78. The lowest BCUT2D eigenvalue weighted by Gasteiger charge is -2.07. The average molecular weight is 245 g/mol. The Morgan fingerprint density at radius 2 is 1.94 bits per heavy atom. The number of nitrogens with zero attached hydrogens (tertiary/aromatic N) is 1. The molecular formula is C12H15N5O. The maximum absolute atomic E-state index is 11.1. The Kier molecular flexibility index (Phi) is 3.80. The number of hydrogen-bond acceptors (Lipinski definition) is 3. The third-order valence-corrected chi connectivity index (χ3v) is 2.41. The molecule has 1 aromatic heterocycles. The van der Waals surface area contributed by atoms with Crippen LogP contribution in [0.5, 0.6) is 0 Å².